The minimum atomic E-state index is -0.175. The van der Waals surface area contributed by atoms with Crippen LogP contribution in [-0.2, 0) is 5.41 Å². The molecule has 8 aromatic carbocycles. The SMILES string of the molecule is CC1(C)c2ccccc2-c2cccc(N(c3cccc(-c4ccccc4-c4ccccc4)c3)c3cccc(-c4cccc5ccccc45)c3)c21. The predicted molar refractivity (Wildman–Crippen MR) is 213 cm³/mol. The molecule has 0 fully saturated rings. The van der Waals surface area contributed by atoms with Crippen LogP contribution in [0.2, 0.25) is 0 Å². The molecule has 0 saturated carbocycles. The normalized spacial score (nSPS) is 12.8. The minimum absolute atomic E-state index is 0.175. The zero-order valence-corrected chi connectivity index (χ0v) is 28.3. The Balaban J connectivity index is 1.27. The van der Waals surface area contributed by atoms with Crippen molar-refractivity contribution in [2.24, 2.45) is 0 Å². The molecule has 1 aliphatic rings. The summed E-state index contributed by atoms with van der Waals surface area (Å²) in [6.45, 7) is 4.75. The molecule has 0 saturated heterocycles. The van der Waals surface area contributed by atoms with E-state index in [1.54, 1.807) is 0 Å². The van der Waals surface area contributed by atoms with E-state index in [4.69, 9.17) is 0 Å². The number of hydrogen-bond acceptors (Lipinski definition) is 1. The molecule has 0 spiro atoms. The van der Waals surface area contributed by atoms with E-state index in [2.05, 4.69) is 207 Å². The predicted octanol–water partition coefficient (Wildman–Crippen LogP) is 13.6. The lowest BCUT2D eigenvalue weighted by Gasteiger charge is -2.32. The van der Waals surface area contributed by atoms with E-state index >= 15 is 0 Å². The monoisotopic (exact) mass is 639 g/mol. The van der Waals surface area contributed by atoms with Gasteiger partial charge in [-0.25, -0.2) is 0 Å². The van der Waals surface area contributed by atoms with Crippen molar-refractivity contribution >= 4 is 27.8 Å². The van der Waals surface area contributed by atoms with Gasteiger partial charge >= 0.3 is 0 Å². The van der Waals surface area contributed by atoms with Crippen molar-refractivity contribution in [1.29, 1.82) is 0 Å². The van der Waals surface area contributed by atoms with Gasteiger partial charge in [0.2, 0.25) is 0 Å². The van der Waals surface area contributed by atoms with Crippen molar-refractivity contribution in [1.82, 2.24) is 0 Å². The summed E-state index contributed by atoms with van der Waals surface area (Å²) in [6, 6.07) is 68.6. The summed E-state index contributed by atoms with van der Waals surface area (Å²) in [5, 5.41) is 2.51. The van der Waals surface area contributed by atoms with E-state index in [1.165, 1.54) is 72.1 Å². The zero-order chi connectivity index (χ0) is 33.7. The van der Waals surface area contributed by atoms with Crippen molar-refractivity contribution in [2.75, 3.05) is 4.90 Å². The standard InChI is InChI=1S/C49H37N/c1-49(2)46-30-11-10-27-44(46)45-29-15-31-47(48(45)49)50(39-23-13-21-37(33-39)43-28-14-19-35-18-6-7-24-41(35)43)38-22-12-20-36(32-38)42-26-9-8-25-40(42)34-16-4-3-5-17-34/h3-33H,1-2H3. The third kappa shape index (κ3) is 4.94. The van der Waals surface area contributed by atoms with Crippen LogP contribution in [0.3, 0.4) is 0 Å². The third-order valence-corrected chi connectivity index (χ3v) is 10.4. The molecule has 0 atom stereocenters. The summed E-state index contributed by atoms with van der Waals surface area (Å²) in [6.07, 6.45) is 0. The van der Waals surface area contributed by atoms with Gasteiger partial charge < -0.3 is 4.90 Å². The smallest absolute Gasteiger partial charge is 0.0508 e. The van der Waals surface area contributed by atoms with Gasteiger partial charge in [-0.05, 0) is 96.7 Å². The van der Waals surface area contributed by atoms with Crippen LogP contribution in [0.5, 0.6) is 0 Å². The number of nitrogens with zero attached hydrogens (tertiary/aromatic N) is 1. The quantitative estimate of drug-likeness (QED) is 0.175. The van der Waals surface area contributed by atoms with Gasteiger partial charge in [-0.1, -0.05) is 172 Å². The van der Waals surface area contributed by atoms with E-state index < -0.39 is 0 Å². The van der Waals surface area contributed by atoms with Gasteiger partial charge in [-0.2, -0.15) is 0 Å². The first kappa shape index (κ1) is 29.9. The van der Waals surface area contributed by atoms with Crippen molar-refractivity contribution in [3.05, 3.63) is 199 Å². The highest BCUT2D eigenvalue weighted by Crippen LogP contribution is 2.54. The first-order valence-electron chi connectivity index (χ1n) is 17.4. The molecule has 50 heavy (non-hydrogen) atoms. The average molecular weight is 640 g/mol. The van der Waals surface area contributed by atoms with Gasteiger partial charge in [-0.3, -0.25) is 0 Å². The van der Waals surface area contributed by atoms with E-state index in [0.29, 0.717) is 0 Å². The van der Waals surface area contributed by atoms with Gasteiger partial charge in [0.05, 0.1) is 5.69 Å². The van der Waals surface area contributed by atoms with Gasteiger partial charge in [0.25, 0.3) is 0 Å². The van der Waals surface area contributed by atoms with Crippen molar-refractivity contribution in [3.63, 3.8) is 0 Å². The summed E-state index contributed by atoms with van der Waals surface area (Å²) in [7, 11) is 0. The number of fused-ring (bicyclic) bond motifs is 4. The van der Waals surface area contributed by atoms with E-state index in [9.17, 15) is 0 Å². The first-order chi connectivity index (χ1) is 24.6. The van der Waals surface area contributed by atoms with Crippen molar-refractivity contribution in [3.8, 4) is 44.5 Å². The molecule has 0 amide bonds. The second-order valence-electron chi connectivity index (χ2n) is 13.7. The van der Waals surface area contributed by atoms with E-state index in [-0.39, 0.29) is 5.41 Å². The van der Waals surface area contributed by atoms with Crippen LogP contribution < -0.4 is 4.90 Å². The maximum absolute atomic E-state index is 2.48. The van der Waals surface area contributed by atoms with Crippen LogP contribution >= 0.6 is 0 Å². The fourth-order valence-electron chi connectivity index (χ4n) is 8.14. The zero-order valence-electron chi connectivity index (χ0n) is 28.3. The van der Waals surface area contributed by atoms with Crippen LogP contribution in [0.15, 0.2) is 188 Å². The molecular formula is C49H37N. The molecule has 1 aliphatic carbocycles. The maximum Gasteiger partial charge on any atom is 0.0508 e. The molecule has 8 aromatic rings. The van der Waals surface area contributed by atoms with E-state index in [1.807, 2.05) is 0 Å². The van der Waals surface area contributed by atoms with Crippen LogP contribution in [0.1, 0.15) is 25.0 Å². The van der Waals surface area contributed by atoms with Gasteiger partial charge in [0, 0.05) is 16.8 Å². The minimum Gasteiger partial charge on any atom is -0.310 e. The van der Waals surface area contributed by atoms with Crippen molar-refractivity contribution < 1.29 is 0 Å². The molecule has 1 nitrogen and oxygen atoms in total. The van der Waals surface area contributed by atoms with Crippen LogP contribution in [0.4, 0.5) is 17.1 Å². The van der Waals surface area contributed by atoms with E-state index in [0.717, 1.165) is 11.4 Å². The Bertz CT molecular complexity index is 2520. The molecule has 0 radical (unpaired) electrons. The van der Waals surface area contributed by atoms with Crippen LogP contribution in [-0.4, -0.2) is 0 Å². The van der Waals surface area contributed by atoms with Gasteiger partial charge in [0.15, 0.2) is 0 Å². The lowest BCUT2D eigenvalue weighted by molar-refractivity contribution is 0.661. The Morgan fingerprint density at radius 3 is 1.64 bits per heavy atom. The largest absolute Gasteiger partial charge is 0.310 e. The lowest BCUT2D eigenvalue weighted by atomic mass is 9.81. The summed E-state index contributed by atoms with van der Waals surface area (Å²) >= 11 is 0. The fraction of sp³-hybridized carbons (Fsp3) is 0.0612. The van der Waals surface area contributed by atoms with Crippen molar-refractivity contribution in [2.45, 2.75) is 19.3 Å². The summed E-state index contributed by atoms with van der Waals surface area (Å²) in [5.74, 6) is 0. The Labute approximate surface area is 294 Å². The Kier molecular flexibility index (Phi) is 7.21. The average Bonchev–Trinajstić information content (AvgIpc) is 3.42. The van der Waals surface area contributed by atoms with Crippen LogP contribution in [0.25, 0.3) is 55.3 Å². The molecule has 238 valence electrons. The number of benzene rings is 8. The second-order valence-corrected chi connectivity index (χ2v) is 13.7. The summed E-state index contributed by atoms with van der Waals surface area (Å²) < 4.78 is 0. The number of anilines is 3. The number of hydrogen-bond donors (Lipinski definition) is 0. The fourth-order valence-corrected chi connectivity index (χ4v) is 8.14. The summed E-state index contributed by atoms with van der Waals surface area (Å²) in [5.41, 5.74) is 15.9. The Hall–Kier alpha value is -6.18. The molecule has 0 unspecified atom stereocenters. The molecule has 0 aliphatic heterocycles. The molecule has 0 N–H and O–H groups in total. The summed E-state index contributed by atoms with van der Waals surface area (Å²) in [4.78, 5) is 2.48. The number of rotatable bonds is 6. The molecule has 1 heteroatoms. The lowest BCUT2D eigenvalue weighted by Crippen LogP contribution is -2.20. The second kappa shape index (κ2) is 12.1. The highest BCUT2D eigenvalue weighted by Gasteiger charge is 2.38. The first-order valence-corrected chi connectivity index (χ1v) is 17.4. The molecule has 0 bridgehead atoms. The highest BCUT2D eigenvalue weighted by atomic mass is 15.1. The van der Waals surface area contributed by atoms with Gasteiger partial charge in [-0.15, -0.1) is 0 Å². The van der Waals surface area contributed by atoms with Crippen LogP contribution in [0, 0.1) is 0 Å². The molecule has 0 heterocycles. The topological polar surface area (TPSA) is 3.24 Å². The maximum atomic E-state index is 2.48. The molecule has 0 aromatic heterocycles. The third-order valence-electron chi connectivity index (χ3n) is 10.4. The molecule has 9 rings (SSSR count). The Morgan fingerprint density at radius 2 is 0.880 bits per heavy atom. The Morgan fingerprint density at radius 1 is 0.380 bits per heavy atom. The molecular weight excluding hydrogens is 603 g/mol. The highest BCUT2D eigenvalue weighted by molar-refractivity contribution is 5.98. The van der Waals surface area contributed by atoms with Gasteiger partial charge in [0.1, 0.15) is 0 Å².